The molecule has 1 aromatic carbocycles. The largest absolute Gasteiger partial charge is 0.493 e. The van der Waals surface area contributed by atoms with Gasteiger partial charge in [-0.15, -0.1) is 0 Å². The Kier molecular flexibility index (Phi) is 8.16. The van der Waals surface area contributed by atoms with Gasteiger partial charge in [0.25, 0.3) is 0 Å². The van der Waals surface area contributed by atoms with E-state index < -0.39 is 5.91 Å². The van der Waals surface area contributed by atoms with Gasteiger partial charge < -0.3 is 9.47 Å². The van der Waals surface area contributed by atoms with E-state index in [0.29, 0.717) is 24.3 Å². The number of amides is 2. The first-order valence-corrected chi connectivity index (χ1v) is 7.07. The summed E-state index contributed by atoms with van der Waals surface area (Å²) in [6.07, 6.45) is 2.98. The number of rotatable bonds is 9. The molecular formula is C15H21N3O5. The number of methoxy groups -OCH3 is 2. The molecule has 23 heavy (non-hydrogen) atoms. The molecule has 0 spiro atoms. The van der Waals surface area contributed by atoms with E-state index in [2.05, 4.69) is 10.5 Å². The van der Waals surface area contributed by atoms with Gasteiger partial charge in [-0.3, -0.25) is 14.8 Å². The molecule has 126 valence electrons. The number of carbonyl (C=O) groups excluding carboxylic acids is 2. The van der Waals surface area contributed by atoms with E-state index in [4.69, 9.17) is 14.7 Å². The minimum absolute atomic E-state index is 0.179. The van der Waals surface area contributed by atoms with Gasteiger partial charge in [0.05, 0.1) is 20.4 Å². The van der Waals surface area contributed by atoms with Crippen LogP contribution in [-0.4, -0.2) is 37.5 Å². The van der Waals surface area contributed by atoms with Crippen molar-refractivity contribution in [3.63, 3.8) is 0 Å². The zero-order valence-electron chi connectivity index (χ0n) is 13.2. The van der Waals surface area contributed by atoms with Gasteiger partial charge in [0.15, 0.2) is 11.5 Å². The topological polar surface area (TPSA) is 109 Å². The highest BCUT2D eigenvalue weighted by Gasteiger charge is 2.04. The lowest BCUT2D eigenvalue weighted by Gasteiger charge is -2.07. The molecule has 0 atom stereocenters. The molecule has 0 aliphatic carbocycles. The summed E-state index contributed by atoms with van der Waals surface area (Å²) < 4.78 is 10.3. The summed E-state index contributed by atoms with van der Waals surface area (Å²) in [6, 6.07) is 5.26. The van der Waals surface area contributed by atoms with Crippen molar-refractivity contribution in [1.29, 1.82) is 0 Å². The molecule has 8 nitrogen and oxygen atoms in total. The zero-order chi connectivity index (χ0) is 17.1. The number of hydroxylamine groups is 1. The molecule has 0 radical (unpaired) electrons. The van der Waals surface area contributed by atoms with Gasteiger partial charge in [0.1, 0.15) is 0 Å². The molecule has 0 bridgehead atoms. The first kappa shape index (κ1) is 18.4. The molecule has 2 amide bonds. The molecule has 0 aliphatic rings. The number of ether oxygens (including phenoxy) is 2. The Balaban J connectivity index is 2.37. The van der Waals surface area contributed by atoms with Gasteiger partial charge in [-0.1, -0.05) is 0 Å². The van der Waals surface area contributed by atoms with Gasteiger partial charge in [-0.05, 0) is 36.6 Å². The van der Waals surface area contributed by atoms with E-state index in [-0.39, 0.29) is 18.7 Å². The van der Waals surface area contributed by atoms with Crippen molar-refractivity contribution in [3.05, 3.63) is 23.8 Å². The molecule has 0 saturated carbocycles. The molecule has 0 fully saturated rings. The molecule has 0 saturated heterocycles. The van der Waals surface area contributed by atoms with E-state index >= 15 is 0 Å². The van der Waals surface area contributed by atoms with Crippen molar-refractivity contribution in [2.24, 2.45) is 5.10 Å². The molecule has 0 aromatic heterocycles. The van der Waals surface area contributed by atoms with Gasteiger partial charge in [-0.2, -0.15) is 5.10 Å². The van der Waals surface area contributed by atoms with Crippen molar-refractivity contribution in [2.45, 2.75) is 25.7 Å². The minimum Gasteiger partial charge on any atom is -0.493 e. The Morgan fingerprint density at radius 3 is 2.39 bits per heavy atom. The van der Waals surface area contributed by atoms with Gasteiger partial charge in [0.2, 0.25) is 11.8 Å². The average Bonchev–Trinajstić information content (AvgIpc) is 2.58. The summed E-state index contributed by atoms with van der Waals surface area (Å²) in [7, 11) is 3.09. The van der Waals surface area contributed by atoms with E-state index in [9.17, 15) is 9.59 Å². The van der Waals surface area contributed by atoms with Crippen LogP contribution in [0.4, 0.5) is 0 Å². The quantitative estimate of drug-likeness (QED) is 0.274. The summed E-state index contributed by atoms with van der Waals surface area (Å²) in [6.45, 7) is 0. The Hall–Kier alpha value is -2.61. The Labute approximate surface area is 134 Å². The SMILES string of the molecule is COc1ccc(/C=N/NC(=O)CCCCC(=O)NO)cc1OC. The third-order valence-corrected chi connectivity index (χ3v) is 2.99. The van der Waals surface area contributed by atoms with Crippen LogP contribution in [0.5, 0.6) is 11.5 Å². The summed E-state index contributed by atoms with van der Waals surface area (Å²) in [4.78, 5) is 22.3. The Morgan fingerprint density at radius 1 is 1.13 bits per heavy atom. The van der Waals surface area contributed by atoms with E-state index in [1.807, 2.05) is 0 Å². The smallest absolute Gasteiger partial charge is 0.243 e. The summed E-state index contributed by atoms with van der Waals surface area (Å²) in [5, 5.41) is 12.2. The van der Waals surface area contributed by atoms with E-state index in [1.165, 1.54) is 13.3 Å². The summed E-state index contributed by atoms with van der Waals surface area (Å²) >= 11 is 0. The van der Waals surface area contributed by atoms with Crippen molar-refractivity contribution >= 4 is 18.0 Å². The van der Waals surface area contributed by atoms with Crippen LogP contribution in [0.2, 0.25) is 0 Å². The van der Waals surface area contributed by atoms with Crippen LogP contribution in [0.25, 0.3) is 0 Å². The highest BCUT2D eigenvalue weighted by atomic mass is 16.5. The number of nitrogens with one attached hydrogen (secondary N) is 2. The Bertz CT molecular complexity index is 560. The maximum atomic E-state index is 11.6. The second kappa shape index (κ2) is 10.2. The predicted octanol–water partition coefficient (Wildman–Crippen LogP) is 1.22. The number of benzene rings is 1. The first-order chi connectivity index (χ1) is 11.1. The normalized spacial score (nSPS) is 10.4. The maximum Gasteiger partial charge on any atom is 0.243 e. The molecule has 0 heterocycles. The third kappa shape index (κ3) is 6.79. The number of hydrogen-bond donors (Lipinski definition) is 3. The fourth-order valence-electron chi connectivity index (χ4n) is 1.79. The fourth-order valence-corrected chi connectivity index (χ4v) is 1.79. The maximum absolute atomic E-state index is 11.6. The zero-order valence-corrected chi connectivity index (χ0v) is 13.2. The van der Waals surface area contributed by atoms with Gasteiger partial charge >= 0.3 is 0 Å². The molecular weight excluding hydrogens is 302 g/mol. The number of unbranched alkanes of at least 4 members (excludes halogenated alkanes) is 1. The first-order valence-electron chi connectivity index (χ1n) is 7.07. The lowest BCUT2D eigenvalue weighted by molar-refractivity contribution is -0.129. The summed E-state index contributed by atoms with van der Waals surface area (Å²) in [5.41, 5.74) is 4.70. The van der Waals surface area contributed by atoms with Crippen LogP contribution < -0.4 is 20.4 Å². The van der Waals surface area contributed by atoms with Crippen LogP contribution in [-0.2, 0) is 9.59 Å². The monoisotopic (exact) mass is 323 g/mol. The summed E-state index contributed by atoms with van der Waals surface area (Å²) in [5.74, 6) is 0.480. The second-order valence-corrected chi connectivity index (χ2v) is 4.65. The molecule has 0 unspecified atom stereocenters. The molecule has 0 aliphatic heterocycles. The molecule has 1 aromatic rings. The van der Waals surface area contributed by atoms with Crippen molar-refractivity contribution in [3.8, 4) is 11.5 Å². The van der Waals surface area contributed by atoms with Crippen LogP contribution >= 0.6 is 0 Å². The standard InChI is InChI=1S/C15H21N3O5/c1-22-12-8-7-11(9-13(12)23-2)10-16-17-14(19)5-3-4-6-15(20)18-21/h7-10,21H,3-6H2,1-2H3,(H,17,19)(H,18,20)/b16-10+. The predicted molar refractivity (Wildman–Crippen MR) is 83.7 cm³/mol. The molecule has 3 N–H and O–H groups in total. The lowest BCUT2D eigenvalue weighted by atomic mass is 10.2. The minimum atomic E-state index is -0.461. The molecule has 1 rings (SSSR count). The number of carbonyl (C=O) groups is 2. The number of hydrazone groups is 1. The fraction of sp³-hybridized carbons (Fsp3) is 0.400. The third-order valence-electron chi connectivity index (χ3n) is 2.99. The van der Waals surface area contributed by atoms with E-state index in [1.54, 1.807) is 30.8 Å². The van der Waals surface area contributed by atoms with Crippen molar-refractivity contribution in [2.75, 3.05) is 14.2 Å². The highest BCUT2D eigenvalue weighted by Crippen LogP contribution is 2.26. The van der Waals surface area contributed by atoms with Crippen LogP contribution in [0.15, 0.2) is 23.3 Å². The highest BCUT2D eigenvalue weighted by molar-refractivity contribution is 5.83. The number of nitrogens with zero attached hydrogens (tertiary/aromatic N) is 1. The van der Waals surface area contributed by atoms with Crippen LogP contribution in [0.1, 0.15) is 31.2 Å². The second-order valence-electron chi connectivity index (χ2n) is 4.65. The van der Waals surface area contributed by atoms with Gasteiger partial charge in [-0.25, -0.2) is 10.9 Å². The van der Waals surface area contributed by atoms with Crippen molar-refractivity contribution in [1.82, 2.24) is 10.9 Å². The average molecular weight is 323 g/mol. The van der Waals surface area contributed by atoms with Crippen molar-refractivity contribution < 1.29 is 24.3 Å². The lowest BCUT2D eigenvalue weighted by Crippen LogP contribution is -2.19. The van der Waals surface area contributed by atoms with Crippen LogP contribution in [0, 0.1) is 0 Å². The Morgan fingerprint density at radius 2 is 1.78 bits per heavy atom. The molecule has 8 heteroatoms. The van der Waals surface area contributed by atoms with Gasteiger partial charge in [0, 0.05) is 12.8 Å². The van der Waals surface area contributed by atoms with E-state index in [0.717, 1.165) is 5.56 Å². The number of hydrogen-bond acceptors (Lipinski definition) is 6. The van der Waals surface area contributed by atoms with Crippen LogP contribution in [0.3, 0.4) is 0 Å².